The molecule has 9 aromatic rings. The zero-order chi connectivity index (χ0) is 25.5. The Morgan fingerprint density at radius 3 is 1.92 bits per heavy atom. The van der Waals surface area contributed by atoms with Gasteiger partial charge in [0.05, 0.1) is 22.7 Å². The average Bonchev–Trinajstić information content (AvgIpc) is 3.64. The van der Waals surface area contributed by atoms with Gasteiger partial charge in [-0.1, -0.05) is 72.8 Å². The summed E-state index contributed by atoms with van der Waals surface area (Å²) in [7, 11) is 0. The molecule has 9 rings (SSSR count). The number of rotatable bonds is 2. The van der Waals surface area contributed by atoms with Crippen LogP contribution in [0, 0.1) is 0 Å². The third-order valence-corrected chi connectivity index (χ3v) is 7.96. The topological polar surface area (TPSA) is 35.9 Å². The van der Waals surface area contributed by atoms with E-state index in [0.29, 0.717) is 0 Å². The summed E-state index contributed by atoms with van der Waals surface area (Å²) in [5.41, 5.74) is 8.29. The lowest BCUT2D eigenvalue weighted by Crippen LogP contribution is -1.96. The number of hydrogen-bond acceptors (Lipinski definition) is 2. The number of fused-ring (bicyclic) bond motifs is 10. The summed E-state index contributed by atoms with van der Waals surface area (Å²) in [6, 6.07) is 42.5. The second-order valence-corrected chi connectivity index (χ2v) is 10.0. The molecule has 0 atom stereocenters. The predicted molar refractivity (Wildman–Crippen MR) is 160 cm³/mol. The Morgan fingerprint density at radius 2 is 1.10 bits per heavy atom. The molecule has 0 aliphatic heterocycles. The first-order valence-electron chi connectivity index (χ1n) is 13.2. The number of furan rings is 1. The molecule has 0 aliphatic rings. The van der Waals surface area contributed by atoms with Gasteiger partial charge in [-0.3, -0.25) is 4.57 Å². The van der Waals surface area contributed by atoms with Crippen molar-refractivity contribution in [2.75, 3.05) is 0 Å². The van der Waals surface area contributed by atoms with Crippen LogP contribution in [0.25, 0.3) is 77.1 Å². The van der Waals surface area contributed by atoms with Crippen LogP contribution >= 0.6 is 0 Å². The minimum Gasteiger partial charge on any atom is -0.456 e. The van der Waals surface area contributed by atoms with Crippen molar-refractivity contribution < 1.29 is 4.42 Å². The van der Waals surface area contributed by atoms with Gasteiger partial charge in [-0.05, 0) is 42.5 Å². The van der Waals surface area contributed by atoms with Gasteiger partial charge in [-0.15, -0.1) is 0 Å². The van der Waals surface area contributed by atoms with Crippen LogP contribution in [0.15, 0.2) is 132 Å². The predicted octanol–water partition coefficient (Wildman–Crippen LogP) is 9.18. The van der Waals surface area contributed by atoms with Crippen LogP contribution in [-0.4, -0.2) is 14.1 Å². The van der Waals surface area contributed by atoms with Gasteiger partial charge in [0.25, 0.3) is 0 Å². The van der Waals surface area contributed by atoms with Gasteiger partial charge in [-0.25, -0.2) is 4.98 Å². The van der Waals surface area contributed by atoms with Gasteiger partial charge >= 0.3 is 0 Å². The first-order chi connectivity index (χ1) is 19.4. The van der Waals surface area contributed by atoms with Crippen molar-refractivity contribution in [3.63, 3.8) is 0 Å². The average molecular weight is 500 g/mol. The summed E-state index contributed by atoms with van der Waals surface area (Å²) in [4.78, 5) is 5.12. The molecular weight excluding hydrogens is 478 g/mol. The molecule has 4 heteroatoms. The zero-order valence-electron chi connectivity index (χ0n) is 20.9. The highest BCUT2D eigenvalue weighted by atomic mass is 16.3. The van der Waals surface area contributed by atoms with Crippen molar-refractivity contribution in [3.05, 3.63) is 128 Å². The number of hydrogen-bond donors (Lipinski definition) is 0. The van der Waals surface area contributed by atoms with Crippen molar-refractivity contribution in [2.24, 2.45) is 0 Å². The van der Waals surface area contributed by atoms with Gasteiger partial charge < -0.3 is 8.98 Å². The molecule has 0 aliphatic carbocycles. The molecule has 182 valence electrons. The van der Waals surface area contributed by atoms with Gasteiger partial charge in [0.15, 0.2) is 0 Å². The molecule has 4 nitrogen and oxygen atoms in total. The molecule has 0 spiro atoms. The first-order valence-corrected chi connectivity index (χ1v) is 13.2. The van der Waals surface area contributed by atoms with Gasteiger partial charge in [0.1, 0.15) is 16.8 Å². The molecule has 4 heterocycles. The monoisotopic (exact) mass is 499 g/mol. The third kappa shape index (κ3) is 2.75. The maximum atomic E-state index is 6.26. The number of aromatic nitrogens is 3. The lowest BCUT2D eigenvalue weighted by Gasteiger charge is -2.08. The van der Waals surface area contributed by atoms with E-state index in [1.54, 1.807) is 0 Å². The second kappa shape index (κ2) is 7.59. The fraction of sp³-hybridized carbons (Fsp3) is 0. The van der Waals surface area contributed by atoms with Gasteiger partial charge in [0, 0.05) is 49.8 Å². The van der Waals surface area contributed by atoms with E-state index < -0.39 is 0 Å². The van der Waals surface area contributed by atoms with E-state index in [-0.39, 0.29) is 0 Å². The molecule has 5 aromatic carbocycles. The summed E-state index contributed by atoms with van der Waals surface area (Å²) in [5.74, 6) is 0. The molecule has 0 bridgehead atoms. The van der Waals surface area contributed by atoms with E-state index in [9.17, 15) is 0 Å². The Hall–Kier alpha value is -5.35. The van der Waals surface area contributed by atoms with Crippen molar-refractivity contribution in [2.45, 2.75) is 0 Å². The Kier molecular flexibility index (Phi) is 4.02. The standard InChI is InChI=1S/C35H21N3O/c1-2-10-22(11-3-1)38-29-16-8-5-14-27(29)34-33-26-13-4-7-15-28(26)37(30(33)21-36-35(34)38)23-18-19-25-24-12-6-9-17-31(24)39-32(25)20-23/h1-21H. The van der Waals surface area contributed by atoms with E-state index in [1.807, 2.05) is 18.3 Å². The summed E-state index contributed by atoms with van der Waals surface area (Å²) < 4.78 is 10.9. The SMILES string of the molecule is c1ccc(-n2c3ccccc3c3c4c5ccccc5n(-c5ccc6c(c5)oc5ccccc56)c4cnc32)cc1. The molecule has 0 fully saturated rings. The normalized spacial score (nSPS) is 12.1. The maximum Gasteiger partial charge on any atom is 0.146 e. The van der Waals surface area contributed by atoms with Gasteiger partial charge in [-0.2, -0.15) is 0 Å². The van der Waals surface area contributed by atoms with Crippen LogP contribution in [0.3, 0.4) is 0 Å². The minimum absolute atomic E-state index is 0.884. The smallest absolute Gasteiger partial charge is 0.146 e. The quantitative estimate of drug-likeness (QED) is 0.238. The Morgan fingerprint density at radius 1 is 0.462 bits per heavy atom. The van der Waals surface area contributed by atoms with Crippen LogP contribution in [0.4, 0.5) is 0 Å². The molecular formula is C35H21N3O. The number of pyridine rings is 1. The first kappa shape index (κ1) is 20.7. The van der Waals surface area contributed by atoms with Gasteiger partial charge in [0.2, 0.25) is 0 Å². The fourth-order valence-electron chi connectivity index (χ4n) is 6.33. The van der Waals surface area contributed by atoms with Crippen molar-refractivity contribution in [1.82, 2.24) is 14.1 Å². The molecule has 0 N–H and O–H groups in total. The molecule has 0 saturated heterocycles. The van der Waals surface area contributed by atoms with E-state index in [2.05, 4.69) is 118 Å². The zero-order valence-corrected chi connectivity index (χ0v) is 20.9. The van der Waals surface area contributed by atoms with Crippen LogP contribution in [0.5, 0.6) is 0 Å². The second-order valence-electron chi connectivity index (χ2n) is 10.0. The van der Waals surface area contributed by atoms with E-state index in [4.69, 9.17) is 9.40 Å². The van der Waals surface area contributed by atoms with Crippen molar-refractivity contribution >= 4 is 65.7 Å². The minimum atomic E-state index is 0.884. The highest BCUT2D eigenvalue weighted by Crippen LogP contribution is 2.41. The number of para-hydroxylation sites is 4. The molecule has 39 heavy (non-hydrogen) atoms. The van der Waals surface area contributed by atoms with Crippen molar-refractivity contribution in [1.29, 1.82) is 0 Å². The highest BCUT2D eigenvalue weighted by Gasteiger charge is 2.21. The largest absolute Gasteiger partial charge is 0.456 e. The fourth-order valence-corrected chi connectivity index (χ4v) is 6.33. The highest BCUT2D eigenvalue weighted by molar-refractivity contribution is 6.28. The summed E-state index contributed by atoms with van der Waals surface area (Å²) in [5, 5.41) is 7.06. The molecule has 0 radical (unpaired) electrons. The van der Waals surface area contributed by atoms with Crippen LogP contribution in [-0.2, 0) is 0 Å². The number of nitrogens with zero attached hydrogens (tertiary/aromatic N) is 3. The maximum absolute atomic E-state index is 6.26. The van der Waals surface area contributed by atoms with Crippen LogP contribution in [0.2, 0.25) is 0 Å². The van der Waals surface area contributed by atoms with Crippen LogP contribution < -0.4 is 0 Å². The van der Waals surface area contributed by atoms with Crippen LogP contribution in [0.1, 0.15) is 0 Å². The Bertz CT molecular complexity index is 2390. The lowest BCUT2D eigenvalue weighted by molar-refractivity contribution is 0.668. The lowest BCUT2D eigenvalue weighted by atomic mass is 10.1. The number of benzene rings is 5. The summed E-state index contributed by atoms with van der Waals surface area (Å²) in [6.45, 7) is 0. The molecule has 0 amide bonds. The van der Waals surface area contributed by atoms with E-state index in [0.717, 1.165) is 55.5 Å². The molecule has 0 unspecified atom stereocenters. The Labute approximate surface area is 222 Å². The third-order valence-electron chi connectivity index (χ3n) is 7.96. The molecule has 4 aromatic heterocycles. The van der Waals surface area contributed by atoms with E-state index in [1.165, 1.54) is 21.5 Å². The summed E-state index contributed by atoms with van der Waals surface area (Å²) in [6.07, 6.45) is 2.03. The molecule has 0 saturated carbocycles. The van der Waals surface area contributed by atoms with Crippen molar-refractivity contribution in [3.8, 4) is 11.4 Å². The summed E-state index contributed by atoms with van der Waals surface area (Å²) >= 11 is 0. The van der Waals surface area contributed by atoms with E-state index >= 15 is 0 Å². The Balaban J connectivity index is 1.43.